The quantitative estimate of drug-likeness (QED) is 0.631. The van der Waals surface area contributed by atoms with E-state index in [0.717, 1.165) is 18.4 Å². The number of amides is 3. The fourth-order valence-corrected chi connectivity index (χ4v) is 6.88. The Balaban J connectivity index is 1.57. The van der Waals surface area contributed by atoms with Gasteiger partial charge in [0.1, 0.15) is 11.4 Å². The minimum atomic E-state index is -1.36. The van der Waals surface area contributed by atoms with Gasteiger partial charge in [0.15, 0.2) is 0 Å². The first kappa shape index (κ1) is 19.1. The highest BCUT2D eigenvalue weighted by Crippen LogP contribution is 2.60. The summed E-state index contributed by atoms with van der Waals surface area (Å²) in [5.41, 5.74) is 1.08. The topological polar surface area (TPSA) is 69.7 Å². The molecule has 3 fully saturated rings. The Morgan fingerprint density at radius 2 is 1.94 bits per heavy atom. The van der Waals surface area contributed by atoms with Crippen molar-refractivity contribution < 1.29 is 18.8 Å². The van der Waals surface area contributed by atoms with Gasteiger partial charge in [-0.15, -0.1) is 0 Å². The van der Waals surface area contributed by atoms with E-state index in [1.54, 1.807) is 6.07 Å². The summed E-state index contributed by atoms with van der Waals surface area (Å²) >= 11 is 3.49. The monoisotopic (exact) mass is 483 g/mol. The number of carbonyl (C=O) groups excluding carboxylic acids is 3. The third kappa shape index (κ3) is 2.22. The van der Waals surface area contributed by atoms with Gasteiger partial charge in [-0.25, -0.2) is 9.29 Å². The zero-order chi connectivity index (χ0) is 21.7. The molecule has 2 aromatic rings. The van der Waals surface area contributed by atoms with Crippen LogP contribution in [-0.2, 0) is 19.9 Å². The van der Waals surface area contributed by atoms with Crippen molar-refractivity contribution in [2.45, 2.75) is 31.3 Å². The van der Waals surface area contributed by atoms with E-state index in [9.17, 15) is 18.8 Å². The van der Waals surface area contributed by atoms with Gasteiger partial charge in [0.25, 0.3) is 0 Å². The number of rotatable bonds is 1. The summed E-state index contributed by atoms with van der Waals surface area (Å²) in [6.07, 6.45) is 1.55. The largest absolute Gasteiger partial charge is 0.324 e. The van der Waals surface area contributed by atoms with Gasteiger partial charge >= 0.3 is 0 Å². The number of halogens is 2. The third-order valence-corrected chi connectivity index (χ3v) is 7.93. The van der Waals surface area contributed by atoms with Crippen molar-refractivity contribution in [2.24, 2.45) is 11.8 Å². The van der Waals surface area contributed by atoms with Gasteiger partial charge < -0.3 is 5.32 Å². The summed E-state index contributed by atoms with van der Waals surface area (Å²) in [5, 5.41) is 2.85. The van der Waals surface area contributed by atoms with Crippen LogP contribution < -0.4 is 10.2 Å². The maximum atomic E-state index is 14.3. The second-order valence-corrected chi connectivity index (χ2v) is 9.64. The van der Waals surface area contributed by atoms with Crippen LogP contribution in [0.4, 0.5) is 15.8 Å². The first-order valence-electron chi connectivity index (χ1n) is 10.4. The van der Waals surface area contributed by atoms with Crippen LogP contribution in [0.15, 0.2) is 40.9 Å². The summed E-state index contributed by atoms with van der Waals surface area (Å²) in [4.78, 5) is 44.2. The minimum absolute atomic E-state index is 0.226. The van der Waals surface area contributed by atoms with Gasteiger partial charge in [0, 0.05) is 21.8 Å². The molecule has 4 heterocycles. The van der Waals surface area contributed by atoms with E-state index in [1.807, 2.05) is 24.0 Å². The minimum Gasteiger partial charge on any atom is -0.324 e. The van der Waals surface area contributed by atoms with Gasteiger partial charge in [-0.2, -0.15) is 0 Å². The summed E-state index contributed by atoms with van der Waals surface area (Å²) in [7, 11) is 0. The highest BCUT2D eigenvalue weighted by Gasteiger charge is 2.74. The van der Waals surface area contributed by atoms with Crippen LogP contribution >= 0.6 is 15.9 Å². The molecule has 0 aromatic heterocycles. The molecule has 0 bridgehead atoms. The normalized spacial score (nSPS) is 31.4. The number of carbonyl (C=O) groups is 3. The summed E-state index contributed by atoms with van der Waals surface area (Å²) in [6, 6.07) is 9.39. The van der Waals surface area contributed by atoms with E-state index in [-0.39, 0.29) is 17.9 Å². The first-order chi connectivity index (χ1) is 14.9. The number of fused-ring (bicyclic) bond motifs is 7. The van der Waals surface area contributed by atoms with Gasteiger partial charge in [0.2, 0.25) is 17.7 Å². The number of nitrogens with zero attached hydrogens (tertiary/aromatic N) is 2. The lowest BCUT2D eigenvalue weighted by atomic mass is 9.75. The lowest BCUT2D eigenvalue weighted by Crippen LogP contribution is -2.54. The lowest BCUT2D eigenvalue weighted by molar-refractivity contribution is -0.135. The van der Waals surface area contributed by atoms with E-state index in [1.165, 1.54) is 23.1 Å². The summed E-state index contributed by atoms with van der Waals surface area (Å²) in [5.74, 6) is -3.03. The fourth-order valence-electron chi connectivity index (χ4n) is 6.21. The molecule has 6 rings (SSSR count). The average Bonchev–Trinajstić information content (AvgIpc) is 3.42. The number of imide groups is 1. The average molecular weight is 484 g/mol. The molecule has 4 aliphatic rings. The Bertz CT molecular complexity index is 1200. The number of aryl methyl sites for hydroxylation is 1. The van der Waals surface area contributed by atoms with Crippen molar-refractivity contribution in [3.05, 3.63) is 57.8 Å². The van der Waals surface area contributed by atoms with E-state index < -0.39 is 29.1 Å². The lowest BCUT2D eigenvalue weighted by Gasteiger charge is -2.36. The van der Waals surface area contributed by atoms with E-state index in [0.29, 0.717) is 28.0 Å². The zero-order valence-corrected chi connectivity index (χ0v) is 18.3. The summed E-state index contributed by atoms with van der Waals surface area (Å²) < 4.78 is 14.9. The molecule has 6 nitrogen and oxygen atoms in total. The van der Waals surface area contributed by atoms with Crippen LogP contribution in [-0.4, -0.2) is 35.2 Å². The number of hydrogen-bond donors (Lipinski definition) is 1. The highest BCUT2D eigenvalue weighted by molar-refractivity contribution is 9.10. The maximum absolute atomic E-state index is 14.3. The molecule has 3 saturated heterocycles. The molecule has 158 valence electrons. The fraction of sp³-hybridized carbons (Fsp3) is 0.348. The predicted octanol–water partition coefficient (Wildman–Crippen LogP) is 3.33. The van der Waals surface area contributed by atoms with Crippen molar-refractivity contribution in [2.75, 3.05) is 16.8 Å². The second-order valence-electron chi connectivity index (χ2n) is 8.78. The first-order valence-corrected chi connectivity index (χ1v) is 11.2. The zero-order valence-electron chi connectivity index (χ0n) is 16.7. The molecule has 1 spiro atoms. The molecule has 0 radical (unpaired) electrons. The van der Waals surface area contributed by atoms with Crippen LogP contribution in [0.5, 0.6) is 0 Å². The van der Waals surface area contributed by atoms with Crippen molar-refractivity contribution in [1.82, 2.24) is 4.90 Å². The molecule has 0 saturated carbocycles. The van der Waals surface area contributed by atoms with Crippen LogP contribution in [0, 0.1) is 24.6 Å². The van der Waals surface area contributed by atoms with Crippen LogP contribution in [0.25, 0.3) is 0 Å². The highest BCUT2D eigenvalue weighted by atomic mass is 79.9. The van der Waals surface area contributed by atoms with Gasteiger partial charge in [-0.3, -0.25) is 19.3 Å². The molecule has 31 heavy (non-hydrogen) atoms. The van der Waals surface area contributed by atoms with Gasteiger partial charge in [-0.05, 0) is 78.1 Å². The Morgan fingerprint density at radius 3 is 2.71 bits per heavy atom. The van der Waals surface area contributed by atoms with Crippen molar-refractivity contribution in [1.29, 1.82) is 0 Å². The Hall–Kier alpha value is -2.58. The second kappa shape index (κ2) is 6.23. The Morgan fingerprint density at radius 1 is 1.13 bits per heavy atom. The molecule has 3 amide bonds. The molecule has 4 aliphatic heterocycles. The standard InChI is InChI=1S/C23H19BrFN3O3/c1-11-4-7-16(14(24)9-11)28-20(29)18-17-3-2-8-27(17)23(19(18)21(28)30)13-10-12(25)5-6-15(13)26-22(23)31/h4-7,9-10,17-19H,2-3,8H2,1H3,(H,26,31)/t17-,18+,19+,23-/m0/s1. The third-order valence-electron chi connectivity index (χ3n) is 7.30. The molecular weight excluding hydrogens is 465 g/mol. The van der Waals surface area contributed by atoms with Crippen molar-refractivity contribution >= 4 is 45.0 Å². The van der Waals surface area contributed by atoms with Crippen molar-refractivity contribution in [3.63, 3.8) is 0 Å². The Kier molecular flexibility index (Phi) is 3.85. The van der Waals surface area contributed by atoms with Crippen LogP contribution in [0.1, 0.15) is 24.0 Å². The van der Waals surface area contributed by atoms with Crippen LogP contribution in [0.2, 0.25) is 0 Å². The van der Waals surface area contributed by atoms with E-state index in [2.05, 4.69) is 21.2 Å². The van der Waals surface area contributed by atoms with Gasteiger partial charge in [0.05, 0.1) is 17.5 Å². The predicted molar refractivity (Wildman–Crippen MR) is 115 cm³/mol. The molecule has 4 atom stereocenters. The Labute approximate surface area is 186 Å². The van der Waals surface area contributed by atoms with Crippen LogP contribution in [0.3, 0.4) is 0 Å². The number of nitrogens with one attached hydrogen (secondary N) is 1. The number of hydrogen-bond acceptors (Lipinski definition) is 4. The van der Waals surface area contributed by atoms with Crippen molar-refractivity contribution in [3.8, 4) is 0 Å². The molecule has 1 N–H and O–H groups in total. The number of benzene rings is 2. The molecule has 2 aromatic carbocycles. The van der Waals surface area contributed by atoms with E-state index in [4.69, 9.17) is 0 Å². The van der Waals surface area contributed by atoms with Gasteiger partial charge in [-0.1, -0.05) is 6.07 Å². The smallest absolute Gasteiger partial charge is 0.250 e. The molecule has 0 aliphatic carbocycles. The molecule has 0 unspecified atom stereocenters. The molecule has 8 heteroatoms. The SMILES string of the molecule is Cc1ccc(N2C(=O)[C@@H]3[C@@H]4CCCN4[C@]4(C(=O)Nc5ccc(F)cc54)[C@H]3C2=O)c(Br)c1. The van der Waals surface area contributed by atoms with E-state index >= 15 is 0 Å². The molecular formula is C23H19BrFN3O3. The summed E-state index contributed by atoms with van der Waals surface area (Å²) in [6.45, 7) is 2.52. The maximum Gasteiger partial charge on any atom is 0.250 e. The number of anilines is 2.